The molecule has 5 heteroatoms. The van der Waals surface area contributed by atoms with E-state index in [4.69, 9.17) is 23.1 Å². The zero-order valence-electron chi connectivity index (χ0n) is 9.76. The van der Waals surface area contributed by atoms with E-state index in [-0.39, 0.29) is 22.4 Å². The summed E-state index contributed by atoms with van der Waals surface area (Å²) >= 11 is 5.77. The van der Waals surface area contributed by atoms with Gasteiger partial charge in [0.1, 0.15) is 5.02 Å². The summed E-state index contributed by atoms with van der Waals surface area (Å²) in [6, 6.07) is 1.68. The molecule has 1 saturated carbocycles. The Morgan fingerprint density at radius 3 is 2.59 bits per heavy atom. The fourth-order valence-corrected chi connectivity index (χ4v) is 2.25. The summed E-state index contributed by atoms with van der Waals surface area (Å²) in [7, 11) is 0. The van der Waals surface area contributed by atoms with E-state index in [0.717, 1.165) is 0 Å². The molecule has 0 heterocycles. The van der Waals surface area contributed by atoms with E-state index < -0.39 is 5.82 Å². The first-order valence-electron chi connectivity index (χ1n) is 5.80. The van der Waals surface area contributed by atoms with E-state index in [2.05, 4.69) is 5.32 Å². The number of nitrogens with two attached hydrogens (primary N) is 2. The van der Waals surface area contributed by atoms with Crippen molar-refractivity contribution in [2.24, 2.45) is 5.92 Å². The molecule has 1 atom stereocenters. The van der Waals surface area contributed by atoms with Crippen molar-refractivity contribution < 1.29 is 4.39 Å². The molecule has 1 unspecified atom stereocenters. The minimum absolute atomic E-state index is 0.0671. The monoisotopic (exact) mass is 257 g/mol. The molecule has 0 saturated heterocycles. The molecular formula is C12H17ClFN3. The maximum absolute atomic E-state index is 13.9. The Balaban J connectivity index is 2.22. The Morgan fingerprint density at radius 1 is 1.41 bits per heavy atom. The zero-order valence-corrected chi connectivity index (χ0v) is 10.5. The van der Waals surface area contributed by atoms with Crippen LogP contribution < -0.4 is 16.8 Å². The highest BCUT2D eigenvalue weighted by Gasteiger charge is 2.25. The number of hydrogen-bond donors (Lipinski definition) is 3. The molecule has 17 heavy (non-hydrogen) atoms. The lowest BCUT2D eigenvalue weighted by atomic mass is 9.80. The van der Waals surface area contributed by atoms with Crippen molar-refractivity contribution in [1.82, 2.24) is 0 Å². The maximum atomic E-state index is 13.9. The fourth-order valence-electron chi connectivity index (χ4n) is 2.10. The molecule has 1 fully saturated rings. The van der Waals surface area contributed by atoms with Gasteiger partial charge >= 0.3 is 0 Å². The number of benzene rings is 1. The third kappa shape index (κ3) is 2.27. The smallest absolute Gasteiger partial charge is 0.169 e. The molecule has 0 amide bonds. The highest BCUT2D eigenvalue weighted by Crippen LogP contribution is 2.36. The quantitative estimate of drug-likeness (QED) is 0.729. The maximum Gasteiger partial charge on any atom is 0.169 e. The van der Waals surface area contributed by atoms with Gasteiger partial charge in [-0.05, 0) is 31.7 Å². The molecule has 1 aliphatic carbocycles. The minimum Gasteiger partial charge on any atom is -0.397 e. The standard InChI is InChI=1S/C12H17ClFN3/c1-6(7-3-2-4-7)17-12-9(16)5-8(15)10(13)11(12)14/h5-7,17H,2-4,15-16H2,1H3. The van der Waals surface area contributed by atoms with Crippen LogP contribution in [0.3, 0.4) is 0 Å². The number of hydrogen-bond acceptors (Lipinski definition) is 3. The van der Waals surface area contributed by atoms with Crippen LogP contribution in [0, 0.1) is 11.7 Å². The van der Waals surface area contributed by atoms with Crippen LogP contribution in [-0.4, -0.2) is 6.04 Å². The third-order valence-electron chi connectivity index (χ3n) is 3.49. The van der Waals surface area contributed by atoms with Crippen molar-refractivity contribution in [3.8, 4) is 0 Å². The van der Waals surface area contributed by atoms with Gasteiger partial charge in [-0.25, -0.2) is 4.39 Å². The summed E-state index contributed by atoms with van der Waals surface area (Å²) < 4.78 is 13.9. The van der Waals surface area contributed by atoms with Crippen molar-refractivity contribution in [2.45, 2.75) is 32.2 Å². The lowest BCUT2D eigenvalue weighted by molar-refractivity contribution is 0.285. The molecule has 1 aliphatic rings. The number of nitrogen functional groups attached to an aromatic ring is 2. The fraction of sp³-hybridized carbons (Fsp3) is 0.500. The molecule has 0 aliphatic heterocycles. The molecule has 0 aromatic heterocycles. The lowest BCUT2D eigenvalue weighted by Crippen LogP contribution is -2.31. The second kappa shape index (κ2) is 4.61. The summed E-state index contributed by atoms with van der Waals surface area (Å²) in [6.45, 7) is 2.03. The second-order valence-electron chi connectivity index (χ2n) is 4.68. The first kappa shape index (κ1) is 12.3. The normalized spacial score (nSPS) is 17.6. The Hall–Kier alpha value is -1.16. The Bertz CT molecular complexity index is 432. The number of nitrogens with one attached hydrogen (secondary N) is 1. The van der Waals surface area contributed by atoms with Gasteiger partial charge in [0.15, 0.2) is 5.82 Å². The van der Waals surface area contributed by atoms with Crippen molar-refractivity contribution >= 4 is 28.7 Å². The van der Waals surface area contributed by atoms with Crippen LogP contribution in [0.15, 0.2) is 6.07 Å². The lowest BCUT2D eigenvalue weighted by Gasteiger charge is -2.33. The molecule has 0 radical (unpaired) electrons. The van der Waals surface area contributed by atoms with Crippen molar-refractivity contribution in [3.63, 3.8) is 0 Å². The van der Waals surface area contributed by atoms with E-state index in [0.29, 0.717) is 11.6 Å². The van der Waals surface area contributed by atoms with Crippen LogP contribution in [0.25, 0.3) is 0 Å². The summed E-state index contributed by atoms with van der Waals surface area (Å²) in [4.78, 5) is 0. The van der Waals surface area contributed by atoms with Gasteiger partial charge in [0.2, 0.25) is 0 Å². The van der Waals surface area contributed by atoms with Crippen LogP contribution in [0.5, 0.6) is 0 Å². The first-order valence-corrected chi connectivity index (χ1v) is 6.18. The van der Waals surface area contributed by atoms with E-state index in [9.17, 15) is 4.39 Å². The third-order valence-corrected chi connectivity index (χ3v) is 3.88. The average molecular weight is 258 g/mol. The molecule has 2 rings (SSSR count). The van der Waals surface area contributed by atoms with Gasteiger partial charge in [-0.1, -0.05) is 18.0 Å². The highest BCUT2D eigenvalue weighted by molar-refractivity contribution is 6.33. The molecule has 3 nitrogen and oxygen atoms in total. The predicted octanol–water partition coefficient (Wildman–Crippen LogP) is 3.24. The van der Waals surface area contributed by atoms with Crippen LogP contribution in [0.2, 0.25) is 5.02 Å². The van der Waals surface area contributed by atoms with E-state index in [1.54, 1.807) is 0 Å². The molecular weight excluding hydrogens is 241 g/mol. The second-order valence-corrected chi connectivity index (χ2v) is 5.06. The Morgan fingerprint density at radius 2 is 2.06 bits per heavy atom. The van der Waals surface area contributed by atoms with Crippen molar-refractivity contribution in [1.29, 1.82) is 0 Å². The molecule has 0 spiro atoms. The average Bonchev–Trinajstić information content (AvgIpc) is 2.19. The van der Waals surface area contributed by atoms with Crippen LogP contribution >= 0.6 is 11.6 Å². The van der Waals surface area contributed by atoms with Gasteiger partial charge < -0.3 is 16.8 Å². The van der Waals surface area contributed by atoms with E-state index in [1.807, 2.05) is 6.92 Å². The summed E-state index contributed by atoms with van der Waals surface area (Å²) in [5, 5.41) is 3.04. The summed E-state index contributed by atoms with van der Waals surface area (Å²) in [5.41, 5.74) is 12.0. The number of anilines is 3. The number of halogens is 2. The van der Waals surface area contributed by atoms with Crippen LogP contribution in [0.4, 0.5) is 21.5 Å². The van der Waals surface area contributed by atoms with Gasteiger partial charge in [-0.2, -0.15) is 0 Å². The van der Waals surface area contributed by atoms with Gasteiger partial charge in [0, 0.05) is 6.04 Å². The van der Waals surface area contributed by atoms with Gasteiger partial charge in [0.05, 0.1) is 17.1 Å². The van der Waals surface area contributed by atoms with Crippen LogP contribution in [0.1, 0.15) is 26.2 Å². The predicted molar refractivity (Wildman–Crippen MR) is 70.7 cm³/mol. The SMILES string of the molecule is CC(Nc1c(N)cc(N)c(Cl)c1F)C1CCC1. The van der Waals surface area contributed by atoms with Crippen LogP contribution in [-0.2, 0) is 0 Å². The first-order chi connectivity index (χ1) is 8.00. The van der Waals surface area contributed by atoms with Crippen molar-refractivity contribution in [3.05, 3.63) is 16.9 Å². The Kier molecular flexibility index (Phi) is 3.33. The van der Waals surface area contributed by atoms with Gasteiger partial charge in [-0.15, -0.1) is 0 Å². The molecule has 0 bridgehead atoms. The van der Waals surface area contributed by atoms with Crippen molar-refractivity contribution in [2.75, 3.05) is 16.8 Å². The van der Waals surface area contributed by atoms with E-state index in [1.165, 1.54) is 25.3 Å². The van der Waals surface area contributed by atoms with Gasteiger partial charge in [-0.3, -0.25) is 0 Å². The topological polar surface area (TPSA) is 64.1 Å². The molecule has 5 N–H and O–H groups in total. The highest BCUT2D eigenvalue weighted by atomic mass is 35.5. The van der Waals surface area contributed by atoms with Gasteiger partial charge in [0.25, 0.3) is 0 Å². The zero-order chi connectivity index (χ0) is 12.6. The molecule has 1 aromatic carbocycles. The molecule has 1 aromatic rings. The Labute approximate surface area is 105 Å². The summed E-state index contributed by atoms with van der Waals surface area (Å²) in [6.07, 6.45) is 3.61. The number of rotatable bonds is 3. The van der Waals surface area contributed by atoms with E-state index >= 15 is 0 Å². The molecule has 94 valence electrons. The summed E-state index contributed by atoms with van der Waals surface area (Å²) in [5.74, 6) is 0.0282. The largest absolute Gasteiger partial charge is 0.397 e. The minimum atomic E-state index is -0.560.